The average molecular weight is 299 g/mol. The Bertz CT molecular complexity index is 583. The maximum Gasteiger partial charge on any atom is 1.00 e. The zero-order valence-corrected chi connectivity index (χ0v) is 13.4. The van der Waals surface area contributed by atoms with E-state index in [1.807, 2.05) is 0 Å². The summed E-state index contributed by atoms with van der Waals surface area (Å²) in [5, 5.41) is 10.6. The Morgan fingerprint density at radius 1 is 1.39 bits per heavy atom. The molecule has 0 radical (unpaired) electrons. The number of nitro benzene ring substituents is 1. The minimum Gasteiger partial charge on any atom is -0.744 e. The van der Waals surface area contributed by atoms with E-state index in [4.69, 9.17) is 0 Å². The summed E-state index contributed by atoms with van der Waals surface area (Å²) in [6.07, 6.45) is 0. The molecule has 0 fully saturated rings. The van der Waals surface area contributed by atoms with Gasteiger partial charge in [0.05, 0.1) is 9.82 Å². The number of esters is 1. The van der Waals surface area contributed by atoms with Crippen LogP contribution in [0.4, 0.5) is 5.69 Å². The van der Waals surface area contributed by atoms with Crippen LogP contribution in [0.15, 0.2) is 23.1 Å². The quantitative estimate of drug-likeness (QED) is 0.150. The number of nitrogens with zero attached hydrogens (tertiary/aromatic N) is 1. The van der Waals surface area contributed by atoms with Crippen molar-refractivity contribution >= 4 is 21.8 Å². The predicted molar refractivity (Wildman–Crippen MR) is 52.4 cm³/mol. The molecule has 1 aromatic rings. The summed E-state index contributed by atoms with van der Waals surface area (Å²) in [5.74, 6) is -1.22. The predicted octanol–water partition coefficient (Wildman–Crippen LogP) is -2.57. The molecule has 0 bridgehead atoms. The molecular weight excluding hydrogens is 293 g/mol. The Morgan fingerprint density at radius 3 is 2.33 bits per heavy atom. The van der Waals surface area contributed by atoms with Gasteiger partial charge in [0.2, 0.25) is 5.75 Å². The standard InChI is InChI=1S/C8H7NO7S.K/c1-5(10)16-8-3-2-6(17(13,14)15)4-7(8)9(11)12;/h2-4H,1H3,(H,13,14,15);/q;+1/p-1. The first kappa shape index (κ1) is 17.6. The Balaban J connectivity index is 0.00000289. The molecule has 0 aromatic heterocycles. The molecule has 8 nitrogen and oxygen atoms in total. The molecule has 10 heteroatoms. The topological polar surface area (TPSA) is 127 Å². The largest absolute Gasteiger partial charge is 1.00 e. The van der Waals surface area contributed by atoms with E-state index in [0.29, 0.717) is 6.07 Å². The number of carbonyl (C=O) groups excluding carboxylic acids is 1. The number of rotatable bonds is 3. The van der Waals surface area contributed by atoms with Gasteiger partial charge >= 0.3 is 63.0 Å². The third-order valence-electron chi connectivity index (χ3n) is 1.67. The summed E-state index contributed by atoms with van der Waals surface area (Å²) in [4.78, 5) is 19.5. The molecule has 92 valence electrons. The average Bonchev–Trinajstić information content (AvgIpc) is 2.15. The van der Waals surface area contributed by atoms with Crippen LogP contribution in [0.5, 0.6) is 5.75 Å². The van der Waals surface area contributed by atoms with Crippen LogP contribution in [0.2, 0.25) is 0 Å². The van der Waals surface area contributed by atoms with Gasteiger partial charge in [0.25, 0.3) is 0 Å². The molecule has 1 rings (SSSR count). The molecule has 0 saturated carbocycles. The number of benzene rings is 1. The van der Waals surface area contributed by atoms with Gasteiger partial charge in [-0.1, -0.05) is 0 Å². The maximum absolute atomic E-state index is 10.7. The maximum atomic E-state index is 10.7. The van der Waals surface area contributed by atoms with Gasteiger partial charge in [-0.05, 0) is 12.1 Å². The molecule has 0 aliphatic carbocycles. The minimum absolute atomic E-state index is 0. The van der Waals surface area contributed by atoms with Crippen molar-refractivity contribution in [3.05, 3.63) is 28.3 Å². The van der Waals surface area contributed by atoms with Crippen molar-refractivity contribution in [2.45, 2.75) is 11.8 Å². The van der Waals surface area contributed by atoms with Crippen LogP contribution >= 0.6 is 0 Å². The molecule has 0 unspecified atom stereocenters. The fourth-order valence-corrected chi connectivity index (χ4v) is 1.53. The van der Waals surface area contributed by atoms with Crippen molar-refractivity contribution in [3.63, 3.8) is 0 Å². The summed E-state index contributed by atoms with van der Waals surface area (Å²) in [5.41, 5.74) is -0.767. The SMILES string of the molecule is CC(=O)Oc1ccc(S(=O)(=O)[O-])cc1[N+](=O)[O-].[K+]. The van der Waals surface area contributed by atoms with Gasteiger partial charge in [-0.25, -0.2) is 8.42 Å². The van der Waals surface area contributed by atoms with E-state index >= 15 is 0 Å². The third-order valence-corrected chi connectivity index (χ3v) is 2.50. The molecular formula is C8H6KNO7S. The normalized spacial score (nSPS) is 10.3. The van der Waals surface area contributed by atoms with Gasteiger partial charge in [-0.15, -0.1) is 0 Å². The van der Waals surface area contributed by atoms with Crippen LogP contribution in [-0.4, -0.2) is 23.9 Å². The molecule has 0 aliphatic heterocycles. The molecule has 0 heterocycles. The molecule has 1 aromatic carbocycles. The van der Waals surface area contributed by atoms with Crippen molar-refractivity contribution < 1.29 is 78.8 Å². The molecule has 0 aliphatic rings. The Hall–Kier alpha value is -0.364. The molecule has 0 atom stereocenters. The minimum atomic E-state index is -4.80. The Morgan fingerprint density at radius 2 is 1.94 bits per heavy atom. The van der Waals surface area contributed by atoms with Crippen molar-refractivity contribution in [2.75, 3.05) is 0 Å². The van der Waals surface area contributed by atoms with Crippen LogP contribution < -0.4 is 56.1 Å². The second-order valence-electron chi connectivity index (χ2n) is 2.93. The first-order valence-electron chi connectivity index (χ1n) is 4.14. The molecule has 0 N–H and O–H groups in total. The van der Waals surface area contributed by atoms with Gasteiger partial charge in [-0.3, -0.25) is 14.9 Å². The number of carbonyl (C=O) groups is 1. The third kappa shape index (κ3) is 4.72. The first-order valence-corrected chi connectivity index (χ1v) is 5.55. The Kier molecular flexibility index (Phi) is 6.57. The summed E-state index contributed by atoms with van der Waals surface area (Å²) in [7, 11) is -4.80. The van der Waals surface area contributed by atoms with Crippen LogP contribution in [0, 0.1) is 10.1 Å². The zero-order valence-electron chi connectivity index (χ0n) is 9.45. The summed E-state index contributed by atoms with van der Waals surface area (Å²) in [6.45, 7) is 1.03. The smallest absolute Gasteiger partial charge is 0.744 e. The molecule has 0 saturated heterocycles. The van der Waals surface area contributed by atoms with Crippen molar-refractivity contribution in [1.82, 2.24) is 0 Å². The van der Waals surface area contributed by atoms with Crippen molar-refractivity contribution in [3.8, 4) is 5.75 Å². The zero-order chi connectivity index (χ0) is 13.2. The molecule has 0 amide bonds. The number of hydrogen-bond acceptors (Lipinski definition) is 7. The Labute approximate surface area is 145 Å². The van der Waals surface area contributed by atoms with Crippen molar-refractivity contribution in [1.29, 1.82) is 0 Å². The van der Waals surface area contributed by atoms with E-state index in [0.717, 1.165) is 19.1 Å². The fraction of sp³-hybridized carbons (Fsp3) is 0.125. The van der Waals surface area contributed by atoms with Gasteiger partial charge < -0.3 is 9.29 Å². The molecule has 0 spiro atoms. The van der Waals surface area contributed by atoms with E-state index in [1.54, 1.807) is 0 Å². The van der Waals surface area contributed by atoms with E-state index < -0.39 is 37.3 Å². The van der Waals surface area contributed by atoms with Crippen LogP contribution in [0.1, 0.15) is 6.92 Å². The van der Waals surface area contributed by atoms with Crippen LogP contribution in [0.3, 0.4) is 0 Å². The van der Waals surface area contributed by atoms with Gasteiger partial charge in [-0.2, -0.15) is 0 Å². The van der Waals surface area contributed by atoms with Crippen molar-refractivity contribution in [2.24, 2.45) is 0 Å². The summed E-state index contributed by atoms with van der Waals surface area (Å²) in [6, 6.07) is 2.25. The van der Waals surface area contributed by atoms with E-state index in [1.165, 1.54) is 0 Å². The fourth-order valence-electron chi connectivity index (χ4n) is 1.04. The second kappa shape index (κ2) is 6.70. The van der Waals surface area contributed by atoms with E-state index in [9.17, 15) is 27.9 Å². The van der Waals surface area contributed by atoms with Gasteiger partial charge in [0.1, 0.15) is 10.1 Å². The van der Waals surface area contributed by atoms with E-state index in [2.05, 4.69) is 4.74 Å². The second-order valence-corrected chi connectivity index (χ2v) is 4.31. The number of nitro groups is 1. The summed E-state index contributed by atoms with van der Waals surface area (Å²) < 4.78 is 36.5. The van der Waals surface area contributed by atoms with E-state index in [-0.39, 0.29) is 51.4 Å². The molecule has 18 heavy (non-hydrogen) atoms. The monoisotopic (exact) mass is 299 g/mol. The van der Waals surface area contributed by atoms with Gasteiger partial charge in [0.15, 0.2) is 0 Å². The van der Waals surface area contributed by atoms with Gasteiger partial charge in [0, 0.05) is 13.0 Å². The first-order chi connectivity index (χ1) is 7.71. The van der Waals surface area contributed by atoms with Crippen LogP contribution in [0.25, 0.3) is 0 Å². The summed E-state index contributed by atoms with van der Waals surface area (Å²) >= 11 is 0. The number of hydrogen-bond donors (Lipinski definition) is 0. The number of ether oxygens (including phenoxy) is 1. The van der Waals surface area contributed by atoms with Crippen LogP contribution in [-0.2, 0) is 14.9 Å².